The molecule has 0 bridgehead atoms. The van der Waals surface area contributed by atoms with Crippen LogP contribution in [-0.4, -0.2) is 102 Å². The summed E-state index contributed by atoms with van der Waals surface area (Å²) in [5, 5.41) is 3.38. The molecule has 0 saturated carbocycles. The highest BCUT2D eigenvalue weighted by Crippen LogP contribution is 2.09. The fourth-order valence-electron chi connectivity index (χ4n) is 2.02. The van der Waals surface area contributed by atoms with Gasteiger partial charge in [0, 0.05) is 24.5 Å². The lowest BCUT2D eigenvalue weighted by Gasteiger charge is -2.27. The molecule has 0 N–H and O–H groups in total. The van der Waals surface area contributed by atoms with Gasteiger partial charge in [-0.3, -0.25) is 4.79 Å². The maximum atomic E-state index is 12.3. The summed E-state index contributed by atoms with van der Waals surface area (Å²) in [5.74, 6) is -0.311. The number of esters is 1. The Hall–Kier alpha value is -2.11. The predicted octanol–water partition coefficient (Wildman–Crippen LogP) is 2.16. The van der Waals surface area contributed by atoms with E-state index in [1.165, 1.54) is 12.0 Å². The number of methoxy groups -OCH3 is 1. The Labute approximate surface area is 183 Å². The van der Waals surface area contributed by atoms with Crippen LogP contribution >= 0.6 is 0 Å². The number of nitrogens with zero attached hydrogens (tertiary/aromatic N) is 4. The molecule has 0 rings (SSSR count). The lowest BCUT2D eigenvalue weighted by atomic mass is 10.2. The van der Waals surface area contributed by atoms with Crippen LogP contribution in [0.2, 0.25) is 0 Å². The maximum Gasteiger partial charge on any atom is 0.410 e. The number of azide groups is 1. The maximum absolute atomic E-state index is 12.3. The van der Waals surface area contributed by atoms with E-state index in [2.05, 4.69) is 14.8 Å². The second-order valence-corrected chi connectivity index (χ2v) is 7.20. The second-order valence-electron chi connectivity index (χ2n) is 7.20. The summed E-state index contributed by atoms with van der Waals surface area (Å²) in [7, 11) is 1.33. The van der Waals surface area contributed by atoms with Crippen LogP contribution in [0, 0.1) is 0 Å². The van der Waals surface area contributed by atoms with E-state index < -0.39 is 11.7 Å². The molecule has 0 saturated heterocycles. The van der Waals surface area contributed by atoms with E-state index in [0.29, 0.717) is 59.3 Å². The van der Waals surface area contributed by atoms with Crippen LogP contribution in [0.3, 0.4) is 0 Å². The van der Waals surface area contributed by atoms with Crippen molar-refractivity contribution < 1.29 is 38.0 Å². The molecule has 0 fully saturated rings. The van der Waals surface area contributed by atoms with Crippen LogP contribution in [0.5, 0.6) is 0 Å². The van der Waals surface area contributed by atoms with Gasteiger partial charge in [-0.25, -0.2) is 4.79 Å². The van der Waals surface area contributed by atoms with E-state index in [-0.39, 0.29) is 25.5 Å². The average Bonchev–Trinajstić information content (AvgIpc) is 2.71. The molecule has 1 amide bonds. The molecule has 0 spiro atoms. The van der Waals surface area contributed by atoms with Crippen molar-refractivity contribution >= 4 is 12.1 Å². The third kappa shape index (κ3) is 19.6. The third-order valence-corrected chi connectivity index (χ3v) is 3.48. The van der Waals surface area contributed by atoms with Crippen LogP contribution in [0.25, 0.3) is 10.4 Å². The molecule has 0 atom stereocenters. The standard InChI is InChI=1S/C19H36N4O8/c1-19(2,3)31-18(25)23(7-11-28-10-6-21-22-20)8-12-29-14-16-30-15-13-27-9-5-17(24)26-4/h5-16H2,1-4H3. The number of rotatable bonds is 18. The molecule has 12 nitrogen and oxygen atoms in total. The van der Waals surface area contributed by atoms with E-state index in [1.54, 1.807) is 20.8 Å². The Kier molecular flexibility index (Phi) is 17.4. The fourth-order valence-corrected chi connectivity index (χ4v) is 2.02. The van der Waals surface area contributed by atoms with Gasteiger partial charge in [0.05, 0.1) is 66.4 Å². The van der Waals surface area contributed by atoms with Crippen molar-refractivity contribution in [2.45, 2.75) is 32.8 Å². The largest absolute Gasteiger partial charge is 0.469 e. The van der Waals surface area contributed by atoms with Crippen molar-refractivity contribution in [2.75, 3.05) is 79.6 Å². The number of carbonyl (C=O) groups is 2. The minimum atomic E-state index is -0.606. The summed E-state index contributed by atoms with van der Waals surface area (Å²) in [6.07, 6.45) is -0.234. The number of amides is 1. The van der Waals surface area contributed by atoms with Gasteiger partial charge in [-0.2, -0.15) is 0 Å². The first-order chi connectivity index (χ1) is 14.8. The van der Waals surface area contributed by atoms with Crippen LogP contribution in [-0.2, 0) is 33.2 Å². The van der Waals surface area contributed by atoms with E-state index in [4.69, 9.17) is 29.2 Å². The van der Waals surface area contributed by atoms with E-state index in [1.807, 2.05) is 0 Å². The lowest BCUT2D eigenvalue weighted by molar-refractivity contribution is -0.141. The highest BCUT2D eigenvalue weighted by atomic mass is 16.6. The number of ether oxygens (including phenoxy) is 6. The van der Waals surface area contributed by atoms with Crippen molar-refractivity contribution in [1.29, 1.82) is 0 Å². The fraction of sp³-hybridized carbons (Fsp3) is 0.895. The predicted molar refractivity (Wildman–Crippen MR) is 112 cm³/mol. The summed E-state index contributed by atoms with van der Waals surface area (Å²) in [6.45, 7) is 9.01. The van der Waals surface area contributed by atoms with Crippen molar-refractivity contribution in [2.24, 2.45) is 5.11 Å². The Morgan fingerprint density at radius 3 is 1.90 bits per heavy atom. The summed E-state index contributed by atoms with van der Waals surface area (Å²) in [6, 6.07) is 0. The molecule has 0 heterocycles. The Bertz CT molecular complexity index is 535. The van der Waals surface area contributed by atoms with Gasteiger partial charge in [-0.15, -0.1) is 0 Å². The Morgan fingerprint density at radius 1 is 0.871 bits per heavy atom. The summed E-state index contributed by atoms with van der Waals surface area (Å²) < 4.78 is 31.4. The molecule has 0 aromatic heterocycles. The summed E-state index contributed by atoms with van der Waals surface area (Å²) >= 11 is 0. The van der Waals surface area contributed by atoms with Crippen LogP contribution in [0.15, 0.2) is 5.11 Å². The second kappa shape index (κ2) is 18.6. The normalized spacial score (nSPS) is 11.0. The minimum Gasteiger partial charge on any atom is -0.469 e. The summed E-state index contributed by atoms with van der Waals surface area (Å²) in [5.41, 5.74) is 7.62. The Morgan fingerprint density at radius 2 is 1.39 bits per heavy atom. The number of hydrogen-bond acceptors (Lipinski definition) is 9. The van der Waals surface area contributed by atoms with Crippen molar-refractivity contribution in [3.63, 3.8) is 0 Å². The van der Waals surface area contributed by atoms with Crippen molar-refractivity contribution in [3.05, 3.63) is 10.4 Å². The number of carbonyl (C=O) groups excluding carboxylic acids is 2. The van der Waals surface area contributed by atoms with E-state index >= 15 is 0 Å². The topological polar surface area (TPSA) is 142 Å². The van der Waals surface area contributed by atoms with Crippen LogP contribution in [0.4, 0.5) is 4.79 Å². The smallest absolute Gasteiger partial charge is 0.410 e. The zero-order valence-corrected chi connectivity index (χ0v) is 19.0. The molecule has 0 unspecified atom stereocenters. The molecule has 0 aromatic carbocycles. The van der Waals surface area contributed by atoms with Crippen LogP contribution < -0.4 is 0 Å². The monoisotopic (exact) mass is 448 g/mol. The van der Waals surface area contributed by atoms with Crippen LogP contribution in [0.1, 0.15) is 27.2 Å². The lowest BCUT2D eigenvalue weighted by Crippen LogP contribution is -2.40. The summed E-state index contributed by atoms with van der Waals surface area (Å²) in [4.78, 5) is 27.4. The molecule has 0 aromatic rings. The SMILES string of the molecule is COC(=O)CCOCCOCCOCCN(CCOCCN=[N+]=[N-])C(=O)OC(C)(C)C. The van der Waals surface area contributed by atoms with Crippen molar-refractivity contribution in [1.82, 2.24) is 4.90 Å². The van der Waals surface area contributed by atoms with Gasteiger partial charge in [0.1, 0.15) is 5.60 Å². The highest BCUT2D eigenvalue weighted by Gasteiger charge is 2.21. The molecule has 0 radical (unpaired) electrons. The molecule has 31 heavy (non-hydrogen) atoms. The first-order valence-electron chi connectivity index (χ1n) is 10.2. The van der Waals surface area contributed by atoms with Gasteiger partial charge in [0.15, 0.2) is 0 Å². The number of hydrogen-bond donors (Lipinski definition) is 0. The van der Waals surface area contributed by atoms with Crippen molar-refractivity contribution in [3.8, 4) is 0 Å². The van der Waals surface area contributed by atoms with E-state index in [0.717, 1.165) is 0 Å². The van der Waals surface area contributed by atoms with Gasteiger partial charge in [-0.1, -0.05) is 5.11 Å². The van der Waals surface area contributed by atoms with Gasteiger partial charge >= 0.3 is 12.1 Å². The zero-order chi connectivity index (χ0) is 23.4. The van der Waals surface area contributed by atoms with Gasteiger partial charge in [0.2, 0.25) is 0 Å². The molecule has 0 aliphatic heterocycles. The molecular formula is C19H36N4O8. The quantitative estimate of drug-likeness (QED) is 0.102. The highest BCUT2D eigenvalue weighted by molar-refractivity contribution is 5.69. The van der Waals surface area contributed by atoms with Gasteiger partial charge < -0.3 is 33.3 Å². The van der Waals surface area contributed by atoms with E-state index in [9.17, 15) is 9.59 Å². The zero-order valence-electron chi connectivity index (χ0n) is 19.0. The molecule has 0 aliphatic rings. The average molecular weight is 449 g/mol. The molecular weight excluding hydrogens is 412 g/mol. The van der Waals surface area contributed by atoms with Gasteiger partial charge in [0.25, 0.3) is 0 Å². The molecule has 12 heteroatoms. The third-order valence-electron chi connectivity index (χ3n) is 3.48. The first-order valence-corrected chi connectivity index (χ1v) is 10.2. The molecule has 180 valence electrons. The Balaban J connectivity index is 3.95. The minimum absolute atomic E-state index is 0.215. The van der Waals surface area contributed by atoms with Gasteiger partial charge in [-0.05, 0) is 26.3 Å². The molecule has 0 aliphatic carbocycles. The first kappa shape index (κ1) is 28.9.